The van der Waals surface area contributed by atoms with Gasteiger partial charge in [0.15, 0.2) is 0 Å². The number of aliphatic hydroxyl groups excluding tert-OH is 3. The van der Waals surface area contributed by atoms with E-state index in [2.05, 4.69) is 0 Å². The third-order valence-corrected chi connectivity index (χ3v) is 1.86. The zero-order chi connectivity index (χ0) is 8.27. The van der Waals surface area contributed by atoms with Gasteiger partial charge < -0.3 is 15.3 Å². The van der Waals surface area contributed by atoms with Gasteiger partial charge in [0.1, 0.15) is 0 Å². The molecular formula is C8H14O3. The Morgan fingerprint density at radius 3 is 2.27 bits per heavy atom. The summed E-state index contributed by atoms with van der Waals surface area (Å²) in [5.74, 6) is 0. The molecule has 0 heterocycles. The molecule has 0 fully saturated rings. The van der Waals surface area contributed by atoms with Crippen LogP contribution in [0.15, 0.2) is 12.2 Å². The van der Waals surface area contributed by atoms with Crippen LogP contribution >= 0.6 is 0 Å². The van der Waals surface area contributed by atoms with Crippen molar-refractivity contribution in [1.29, 1.82) is 0 Å². The molecule has 0 aromatic carbocycles. The van der Waals surface area contributed by atoms with Gasteiger partial charge in [-0.3, -0.25) is 0 Å². The first-order valence-corrected chi connectivity index (χ1v) is 3.91. The van der Waals surface area contributed by atoms with E-state index in [-0.39, 0.29) is 0 Å². The van der Waals surface area contributed by atoms with E-state index in [1.807, 2.05) is 0 Å². The van der Waals surface area contributed by atoms with E-state index in [9.17, 15) is 5.11 Å². The van der Waals surface area contributed by atoms with Crippen LogP contribution in [0.3, 0.4) is 0 Å². The van der Waals surface area contributed by atoms with Gasteiger partial charge in [0.05, 0.1) is 18.3 Å². The Morgan fingerprint density at radius 2 is 1.55 bits per heavy atom. The van der Waals surface area contributed by atoms with Crippen LogP contribution in [0.4, 0.5) is 0 Å². The first kappa shape index (κ1) is 8.71. The van der Waals surface area contributed by atoms with Crippen molar-refractivity contribution in [2.75, 3.05) is 0 Å². The molecule has 3 unspecified atom stereocenters. The lowest BCUT2D eigenvalue weighted by atomic mass is 10.0. The second-order valence-corrected chi connectivity index (χ2v) is 2.99. The number of hydrogen-bond acceptors (Lipinski definition) is 3. The summed E-state index contributed by atoms with van der Waals surface area (Å²) < 4.78 is 0. The van der Waals surface area contributed by atoms with Gasteiger partial charge in [-0.2, -0.15) is 0 Å². The van der Waals surface area contributed by atoms with Gasteiger partial charge in [0.2, 0.25) is 0 Å². The van der Waals surface area contributed by atoms with E-state index < -0.39 is 18.3 Å². The van der Waals surface area contributed by atoms with Crippen LogP contribution in [0.5, 0.6) is 0 Å². The molecule has 0 aromatic rings. The Morgan fingerprint density at radius 1 is 0.909 bits per heavy atom. The van der Waals surface area contributed by atoms with Crippen molar-refractivity contribution in [3.05, 3.63) is 12.2 Å². The van der Waals surface area contributed by atoms with Crippen LogP contribution in [-0.2, 0) is 0 Å². The van der Waals surface area contributed by atoms with Gasteiger partial charge in [-0.25, -0.2) is 0 Å². The molecule has 1 aliphatic rings. The van der Waals surface area contributed by atoms with E-state index in [0.717, 1.165) is 0 Å². The van der Waals surface area contributed by atoms with Gasteiger partial charge in [0, 0.05) is 6.42 Å². The normalized spacial score (nSPS) is 42.6. The molecule has 3 heteroatoms. The van der Waals surface area contributed by atoms with Crippen LogP contribution in [0.2, 0.25) is 0 Å². The van der Waals surface area contributed by atoms with E-state index in [1.165, 1.54) is 6.08 Å². The first-order chi connectivity index (χ1) is 5.18. The minimum atomic E-state index is -0.611. The van der Waals surface area contributed by atoms with E-state index in [4.69, 9.17) is 10.2 Å². The molecule has 3 N–H and O–H groups in total. The summed E-state index contributed by atoms with van der Waals surface area (Å²) in [6.07, 6.45) is 3.02. The maximum atomic E-state index is 9.20. The highest BCUT2D eigenvalue weighted by molar-refractivity contribution is 4.96. The van der Waals surface area contributed by atoms with Gasteiger partial charge in [0.25, 0.3) is 0 Å². The first-order valence-electron chi connectivity index (χ1n) is 3.91. The van der Waals surface area contributed by atoms with Crippen LogP contribution in [-0.4, -0.2) is 33.6 Å². The summed E-state index contributed by atoms with van der Waals surface area (Å²) in [7, 11) is 0. The fraction of sp³-hybridized carbons (Fsp3) is 0.750. The van der Waals surface area contributed by atoms with Crippen LogP contribution in [0, 0.1) is 0 Å². The summed E-state index contributed by atoms with van der Waals surface area (Å²) in [6, 6.07) is 0. The minimum absolute atomic E-state index is 0.378. The zero-order valence-corrected chi connectivity index (χ0v) is 6.35. The SMILES string of the molecule is OC1/C=C\C(O)CC(O)CC1. The summed E-state index contributed by atoms with van der Waals surface area (Å²) in [5, 5.41) is 27.5. The second kappa shape index (κ2) is 3.85. The molecule has 64 valence electrons. The Labute approximate surface area is 66.0 Å². The van der Waals surface area contributed by atoms with Gasteiger partial charge in [-0.05, 0) is 12.8 Å². The van der Waals surface area contributed by atoms with Crippen molar-refractivity contribution < 1.29 is 15.3 Å². The lowest BCUT2D eigenvalue weighted by molar-refractivity contribution is 0.0782. The third-order valence-electron chi connectivity index (χ3n) is 1.86. The molecule has 0 radical (unpaired) electrons. The summed E-state index contributed by atoms with van der Waals surface area (Å²) >= 11 is 0. The summed E-state index contributed by atoms with van der Waals surface area (Å²) in [4.78, 5) is 0. The Bertz CT molecular complexity index is 144. The topological polar surface area (TPSA) is 60.7 Å². The predicted molar refractivity (Wildman–Crippen MR) is 41.0 cm³/mol. The van der Waals surface area contributed by atoms with Crippen molar-refractivity contribution in [3.8, 4) is 0 Å². The third kappa shape index (κ3) is 3.01. The van der Waals surface area contributed by atoms with Gasteiger partial charge >= 0.3 is 0 Å². The van der Waals surface area contributed by atoms with Crippen molar-refractivity contribution in [3.63, 3.8) is 0 Å². The maximum absolute atomic E-state index is 9.20. The molecule has 0 amide bonds. The highest BCUT2D eigenvalue weighted by Crippen LogP contribution is 2.12. The monoisotopic (exact) mass is 158 g/mol. The second-order valence-electron chi connectivity index (χ2n) is 2.99. The van der Waals surface area contributed by atoms with Crippen molar-refractivity contribution >= 4 is 0 Å². The van der Waals surface area contributed by atoms with Crippen LogP contribution < -0.4 is 0 Å². The molecule has 0 aliphatic heterocycles. The molecule has 3 atom stereocenters. The predicted octanol–water partition coefficient (Wildman–Crippen LogP) is -0.191. The van der Waals surface area contributed by atoms with E-state index in [0.29, 0.717) is 19.3 Å². The van der Waals surface area contributed by atoms with Crippen LogP contribution in [0.1, 0.15) is 19.3 Å². The molecule has 0 spiro atoms. The largest absolute Gasteiger partial charge is 0.393 e. The van der Waals surface area contributed by atoms with Crippen molar-refractivity contribution in [2.45, 2.75) is 37.6 Å². The molecule has 3 nitrogen and oxygen atoms in total. The van der Waals surface area contributed by atoms with E-state index >= 15 is 0 Å². The van der Waals surface area contributed by atoms with Gasteiger partial charge in [-0.1, -0.05) is 12.2 Å². The molecule has 1 aliphatic carbocycles. The van der Waals surface area contributed by atoms with E-state index in [1.54, 1.807) is 6.08 Å². The average Bonchev–Trinajstić information content (AvgIpc) is 1.95. The average molecular weight is 158 g/mol. The number of hydrogen-bond donors (Lipinski definition) is 3. The standard InChI is InChI=1S/C8H14O3/c9-6-1-3-7(10)5-8(11)4-2-6/h1,3,6-11H,2,4-5H2/b3-1-. The summed E-state index contributed by atoms with van der Waals surface area (Å²) in [6.45, 7) is 0. The Kier molecular flexibility index (Phi) is 3.05. The molecular weight excluding hydrogens is 144 g/mol. The number of rotatable bonds is 0. The molecule has 11 heavy (non-hydrogen) atoms. The highest BCUT2D eigenvalue weighted by atomic mass is 16.3. The Balaban J connectivity index is 2.50. The minimum Gasteiger partial charge on any atom is -0.393 e. The lowest BCUT2D eigenvalue weighted by Crippen LogP contribution is -2.20. The summed E-state index contributed by atoms with van der Waals surface area (Å²) in [5.41, 5.74) is 0. The van der Waals surface area contributed by atoms with Gasteiger partial charge in [-0.15, -0.1) is 0 Å². The molecule has 0 saturated heterocycles. The molecule has 1 rings (SSSR count). The fourth-order valence-electron chi connectivity index (χ4n) is 1.19. The van der Waals surface area contributed by atoms with Crippen molar-refractivity contribution in [1.82, 2.24) is 0 Å². The zero-order valence-electron chi connectivity index (χ0n) is 6.35. The molecule has 0 bridgehead atoms. The quantitative estimate of drug-likeness (QED) is 0.428. The van der Waals surface area contributed by atoms with Crippen molar-refractivity contribution in [2.24, 2.45) is 0 Å². The molecule has 0 saturated carbocycles. The fourth-order valence-corrected chi connectivity index (χ4v) is 1.19. The Hall–Kier alpha value is -0.380. The maximum Gasteiger partial charge on any atom is 0.0746 e. The highest BCUT2D eigenvalue weighted by Gasteiger charge is 2.14. The lowest BCUT2D eigenvalue weighted by Gasteiger charge is -2.17. The number of aliphatic hydroxyl groups is 3. The molecule has 0 aromatic heterocycles. The van der Waals surface area contributed by atoms with Crippen LogP contribution in [0.25, 0.3) is 0 Å². The smallest absolute Gasteiger partial charge is 0.0746 e.